The molecule has 0 bridgehead atoms. The number of nitriles is 1. The van der Waals surface area contributed by atoms with Crippen LogP contribution in [0.25, 0.3) is 22.0 Å². The molecule has 5 nitrogen and oxygen atoms in total. The van der Waals surface area contributed by atoms with Gasteiger partial charge >= 0.3 is 5.97 Å². The first kappa shape index (κ1) is 19.4. The van der Waals surface area contributed by atoms with Gasteiger partial charge in [0.2, 0.25) is 5.88 Å². The molecule has 1 unspecified atom stereocenters. The Morgan fingerprint density at radius 1 is 1.25 bits per heavy atom. The Hall–Kier alpha value is -3.39. The van der Waals surface area contributed by atoms with Gasteiger partial charge in [-0.25, -0.2) is 9.78 Å². The second kappa shape index (κ2) is 8.53. The van der Waals surface area contributed by atoms with Gasteiger partial charge in [-0.1, -0.05) is 31.5 Å². The molecular formula is C23H22N2O3. The van der Waals surface area contributed by atoms with E-state index >= 15 is 0 Å². The van der Waals surface area contributed by atoms with Crippen molar-refractivity contribution in [1.29, 1.82) is 5.26 Å². The fraction of sp³-hybridized carbons (Fsp3) is 0.261. The number of unbranched alkanes of at least 4 members (excludes halogenated alkanes) is 1. The summed E-state index contributed by atoms with van der Waals surface area (Å²) >= 11 is 0. The Morgan fingerprint density at radius 3 is 2.79 bits per heavy atom. The van der Waals surface area contributed by atoms with E-state index in [-0.39, 0.29) is 5.88 Å². The van der Waals surface area contributed by atoms with Gasteiger partial charge in [0.05, 0.1) is 17.1 Å². The van der Waals surface area contributed by atoms with Crippen LogP contribution in [0, 0.1) is 11.3 Å². The van der Waals surface area contributed by atoms with Gasteiger partial charge in [-0.3, -0.25) is 0 Å². The molecule has 2 aromatic carbocycles. The average molecular weight is 374 g/mol. The topological polar surface area (TPSA) is 83.2 Å². The molecule has 5 heteroatoms. The van der Waals surface area contributed by atoms with E-state index in [9.17, 15) is 10.1 Å². The molecule has 3 rings (SSSR count). The van der Waals surface area contributed by atoms with E-state index in [1.54, 1.807) is 12.1 Å². The Kier molecular flexibility index (Phi) is 5.90. The molecule has 0 aliphatic rings. The number of carboxylic acids is 1. The summed E-state index contributed by atoms with van der Waals surface area (Å²) in [7, 11) is 0. The summed E-state index contributed by atoms with van der Waals surface area (Å²) < 4.78 is 5.52. The number of nitrogens with zero attached hydrogens (tertiary/aromatic N) is 2. The standard InChI is InChI=1S/C23H22N2O3/c1-3-4-6-16-9-10-21-20(12-16)19(18-8-5-7-17(11-18)14-24)13-22(25-21)28-15(2)23(26)27/h5,7-13,15H,3-4,6H2,1-2H3,(H,26,27). The van der Waals surface area contributed by atoms with Crippen molar-refractivity contribution in [2.45, 2.75) is 39.2 Å². The summed E-state index contributed by atoms with van der Waals surface area (Å²) in [6.45, 7) is 3.63. The lowest BCUT2D eigenvalue weighted by Gasteiger charge is -2.14. The Balaban J connectivity index is 2.16. The highest BCUT2D eigenvalue weighted by Gasteiger charge is 2.16. The van der Waals surface area contributed by atoms with Crippen LogP contribution in [0.15, 0.2) is 48.5 Å². The monoisotopic (exact) mass is 374 g/mol. The Bertz CT molecular complexity index is 1050. The highest BCUT2D eigenvalue weighted by atomic mass is 16.5. The predicted molar refractivity (Wildman–Crippen MR) is 108 cm³/mol. The highest BCUT2D eigenvalue weighted by molar-refractivity contribution is 5.95. The van der Waals surface area contributed by atoms with Crippen LogP contribution in [-0.2, 0) is 11.2 Å². The fourth-order valence-electron chi connectivity index (χ4n) is 3.07. The second-order valence-corrected chi connectivity index (χ2v) is 6.75. The third kappa shape index (κ3) is 4.29. The van der Waals surface area contributed by atoms with Gasteiger partial charge in [0.15, 0.2) is 6.10 Å². The first-order valence-corrected chi connectivity index (χ1v) is 9.35. The number of pyridine rings is 1. The van der Waals surface area contributed by atoms with Gasteiger partial charge in [-0.2, -0.15) is 5.26 Å². The fourth-order valence-corrected chi connectivity index (χ4v) is 3.07. The molecular weight excluding hydrogens is 352 g/mol. The van der Waals surface area contributed by atoms with E-state index in [1.165, 1.54) is 12.5 Å². The van der Waals surface area contributed by atoms with Crippen LogP contribution in [0.5, 0.6) is 5.88 Å². The summed E-state index contributed by atoms with van der Waals surface area (Å²) in [5.74, 6) is -0.800. The summed E-state index contributed by atoms with van der Waals surface area (Å²) in [6, 6.07) is 17.4. The van der Waals surface area contributed by atoms with E-state index < -0.39 is 12.1 Å². The third-order valence-corrected chi connectivity index (χ3v) is 4.62. The SMILES string of the molecule is CCCCc1ccc2nc(OC(C)C(=O)O)cc(-c3cccc(C#N)c3)c2c1. The van der Waals surface area contributed by atoms with Crippen LogP contribution in [0.4, 0.5) is 0 Å². The van der Waals surface area contributed by atoms with Gasteiger partial charge in [0, 0.05) is 11.5 Å². The predicted octanol–water partition coefficient (Wildman–Crippen LogP) is 4.97. The number of hydrogen-bond donors (Lipinski definition) is 1. The first-order valence-electron chi connectivity index (χ1n) is 9.35. The third-order valence-electron chi connectivity index (χ3n) is 4.62. The number of carbonyl (C=O) groups is 1. The molecule has 1 aromatic heterocycles. The first-order chi connectivity index (χ1) is 13.5. The maximum Gasteiger partial charge on any atom is 0.344 e. The van der Waals surface area contributed by atoms with Crippen LogP contribution >= 0.6 is 0 Å². The number of fused-ring (bicyclic) bond motifs is 1. The van der Waals surface area contributed by atoms with Crippen molar-refractivity contribution in [3.63, 3.8) is 0 Å². The molecule has 28 heavy (non-hydrogen) atoms. The van der Waals surface area contributed by atoms with Crippen LogP contribution in [-0.4, -0.2) is 22.2 Å². The second-order valence-electron chi connectivity index (χ2n) is 6.75. The number of benzene rings is 2. The maximum atomic E-state index is 11.2. The van der Waals surface area contributed by atoms with Crippen molar-refractivity contribution in [2.75, 3.05) is 0 Å². The molecule has 1 N–H and O–H groups in total. The zero-order valence-electron chi connectivity index (χ0n) is 16.0. The summed E-state index contributed by atoms with van der Waals surface area (Å²) in [6.07, 6.45) is 2.20. The molecule has 0 saturated heterocycles. The number of aryl methyl sites for hydroxylation is 1. The van der Waals surface area contributed by atoms with E-state index in [0.717, 1.165) is 41.3 Å². The number of rotatable bonds is 7. The molecule has 1 atom stereocenters. The van der Waals surface area contributed by atoms with Gasteiger partial charge in [0.1, 0.15) is 0 Å². The molecule has 0 spiro atoms. The number of aromatic nitrogens is 1. The van der Waals surface area contributed by atoms with Gasteiger partial charge in [0.25, 0.3) is 0 Å². The number of aliphatic carboxylic acids is 1. The van der Waals surface area contributed by atoms with Crippen LogP contribution in [0.3, 0.4) is 0 Å². The minimum atomic E-state index is -1.05. The van der Waals surface area contributed by atoms with Crippen molar-refractivity contribution in [3.05, 3.63) is 59.7 Å². The highest BCUT2D eigenvalue weighted by Crippen LogP contribution is 2.32. The average Bonchev–Trinajstić information content (AvgIpc) is 2.71. The van der Waals surface area contributed by atoms with Crippen LogP contribution < -0.4 is 4.74 Å². The lowest BCUT2D eigenvalue weighted by molar-refractivity contribution is -0.144. The van der Waals surface area contributed by atoms with Gasteiger partial charge in [-0.05, 0) is 60.7 Å². The van der Waals surface area contributed by atoms with Crippen LogP contribution in [0.1, 0.15) is 37.8 Å². The van der Waals surface area contributed by atoms with E-state index in [0.29, 0.717) is 5.56 Å². The molecule has 0 saturated carbocycles. The maximum absolute atomic E-state index is 11.2. The minimum Gasteiger partial charge on any atom is -0.479 e. The number of ether oxygens (including phenoxy) is 1. The van der Waals surface area contributed by atoms with Crippen molar-refractivity contribution < 1.29 is 14.6 Å². The molecule has 0 fully saturated rings. The van der Waals surface area contributed by atoms with E-state index in [4.69, 9.17) is 9.84 Å². The summed E-state index contributed by atoms with van der Waals surface area (Å²) in [4.78, 5) is 15.7. The van der Waals surface area contributed by atoms with E-state index in [1.807, 2.05) is 30.3 Å². The molecule has 0 radical (unpaired) electrons. The van der Waals surface area contributed by atoms with Crippen molar-refractivity contribution in [2.24, 2.45) is 0 Å². The largest absolute Gasteiger partial charge is 0.479 e. The van der Waals surface area contributed by atoms with Crippen molar-refractivity contribution >= 4 is 16.9 Å². The molecule has 0 aliphatic heterocycles. The van der Waals surface area contributed by atoms with Crippen molar-refractivity contribution in [1.82, 2.24) is 4.98 Å². The lowest BCUT2D eigenvalue weighted by Crippen LogP contribution is -2.23. The quantitative estimate of drug-likeness (QED) is 0.631. The molecule has 0 amide bonds. The molecule has 142 valence electrons. The summed E-state index contributed by atoms with van der Waals surface area (Å²) in [5.41, 5.74) is 4.25. The van der Waals surface area contributed by atoms with E-state index in [2.05, 4.69) is 24.0 Å². The number of carboxylic acid groups (broad SMARTS) is 1. The van der Waals surface area contributed by atoms with Crippen molar-refractivity contribution in [3.8, 4) is 23.1 Å². The van der Waals surface area contributed by atoms with Crippen LogP contribution in [0.2, 0.25) is 0 Å². The Morgan fingerprint density at radius 2 is 2.07 bits per heavy atom. The minimum absolute atomic E-state index is 0.251. The summed E-state index contributed by atoms with van der Waals surface area (Å²) in [5, 5.41) is 19.3. The zero-order valence-corrected chi connectivity index (χ0v) is 16.0. The molecule has 0 aliphatic carbocycles. The van der Waals surface area contributed by atoms with Gasteiger partial charge < -0.3 is 9.84 Å². The zero-order chi connectivity index (χ0) is 20.1. The van der Waals surface area contributed by atoms with Gasteiger partial charge in [-0.15, -0.1) is 0 Å². The lowest BCUT2D eigenvalue weighted by atomic mass is 9.97. The number of hydrogen-bond acceptors (Lipinski definition) is 4. The Labute approximate surface area is 164 Å². The normalized spacial score (nSPS) is 11.8. The smallest absolute Gasteiger partial charge is 0.344 e. The molecule has 1 heterocycles. The molecule has 3 aromatic rings.